The number of halogens is 2. The van der Waals surface area contributed by atoms with Crippen LogP contribution in [0.5, 0.6) is 0 Å². The third kappa shape index (κ3) is 3.29. The van der Waals surface area contributed by atoms with Gasteiger partial charge in [-0.25, -0.2) is 4.39 Å². The minimum absolute atomic E-state index is 0.0466. The van der Waals surface area contributed by atoms with Gasteiger partial charge in [0.1, 0.15) is 5.82 Å². The Bertz CT molecular complexity index is 594. The van der Waals surface area contributed by atoms with Crippen LogP contribution < -0.4 is 0 Å². The van der Waals surface area contributed by atoms with Gasteiger partial charge in [-0.15, -0.1) is 0 Å². The molecule has 0 unspecified atom stereocenters. The van der Waals surface area contributed by atoms with E-state index in [1.165, 1.54) is 12.1 Å². The zero-order valence-corrected chi connectivity index (χ0v) is 12.4. The second-order valence-corrected chi connectivity index (χ2v) is 5.44. The van der Waals surface area contributed by atoms with Gasteiger partial charge in [-0.3, -0.25) is 4.79 Å². The van der Waals surface area contributed by atoms with E-state index in [9.17, 15) is 9.18 Å². The predicted molar refractivity (Wildman–Crippen MR) is 78.1 cm³/mol. The molecule has 2 aromatic rings. The Kier molecular flexibility index (Phi) is 4.15. The van der Waals surface area contributed by atoms with Crippen molar-refractivity contribution >= 4 is 21.7 Å². The molecule has 0 saturated heterocycles. The summed E-state index contributed by atoms with van der Waals surface area (Å²) in [6.07, 6.45) is 0.292. The van der Waals surface area contributed by atoms with Crippen molar-refractivity contribution in [1.29, 1.82) is 0 Å². The Hall–Kier alpha value is -1.48. The van der Waals surface area contributed by atoms with Crippen LogP contribution in [0.2, 0.25) is 0 Å². The minimum Gasteiger partial charge on any atom is -0.294 e. The molecule has 0 N–H and O–H groups in total. The molecular formula is C16H14BrFO. The molecule has 0 saturated carbocycles. The average Bonchev–Trinajstić information content (AvgIpc) is 2.38. The van der Waals surface area contributed by atoms with E-state index >= 15 is 0 Å². The Balaban J connectivity index is 2.23. The summed E-state index contributed by atoms with van der Waals surface area (Å²) in [5.74, 6) is -0.239. The standard InChI is InChI=1S/C16H14BrFO/c1-10-7-13(8-11(2)16(10)17)15(19)9-12-3-5-14(18)6-4-12/h3-8H,9H2,1-2H3. The van der Waals surface area contributed by atoms with Crippen molar-refractivity contribution in [3.05, 3.63) is 68.9 Å². The number of aryl methyl sites for hydroxylation is 2. The molecule has 0 heterocycles. The van der Waals surface area contributed by atoms with Gasteiger partial charge in [-0.2, -0.15) is 0 Å². The summed E-state index contributed by atoms with van der Waals surface area (Å²) >= 11 is 3.48. The molecular weight excluding hydrogens is 307 g/mol. The van der Waals surface area contributed by atoms with Crippen LogP contribution in [-0.4, -0.2) is 5.78 Å². The summed E-state index contributed by atoms with van der Waals surface area (Å²) < 4.78 is 13.8. The molecule has 0 aliphatic heterocycles. The van der Waals surface area contributed by atoms with E-state index < -0.39 is 0 Å². The first-order chi connectivity index (χ1) is 8.97. The first kappa shape index (κ1) is 13.9. The largest absolute Gasteiger partial charge is 0.294 e. The Labute approximate surface area is 120 Å². The lowest BCUT2D eigenvalue weighted by Crippen LogP contribution is -2.04. The fourth-order valence-electron chi connectivity index (χ4n) is 2.00. The topological polar surface area (TPSA) is 17.1 Å². The van der Waals surface area contributed by atoms with Crippen molar-refractivity contribution in [2.45, 2.75) is 20.3 Å². The number of carbonyl (C=O) groups is 1. The second-order valence-electron chi connectivity index (χ2n) is 4.65. The number of hydrogen-bond acceptors (Lipinski definition) is 1. The highest BCUT2D eigenvalue weighted by molar-refractivity contribution is 9.10. The predicted octanol–water partition coefficient (Wildman–Crippen LogP) is 4.63. The van der Waals surface area contributed by atoms with Crippen molar-refractivity contribution in [2.24, 2.45) is 0 Å². The summed E-state index contributed by atoms with van der Waals surface area (Å²) in [5, 5.41) is 0. The summed E-state index contributed by atoms with van der Waals surface area (Å²) in [5.41, 5.74) is 3.61. The second kappa shape index (κ2) is 5.66. The van der Waals surface area contributed by atoms with Gasteiger partial charge >= 0.3 is 0 Å². The van der Waals surface area contributed by atoms with Crippen LogP contribution in [0.4, 0.5) is 4.39 Å². The highest BCUT2D eigenvalue weighted by Gasteiger charge is 2.10. The minimum atomic E-state index is -0.286. The van der Waals surface area contributed by atoms with Gasteiger partial charge < -0.3 is 0 Å². The van der Waals surface area contributed by atoms with Crippen molar-refractivity contribution in [1.82, 2.24) is 0 Å². The van der Waals surface area contributed by atoms with E-state index in [0.29, 0.717) is 12.0 Å². The number of carbonyl (C=O) groups excluding carboxylic acids is 1. The molecule has 98 valence electrons. The maximum atomic E-state index is 12.8. The van der Waals surface area contributed by atoms with Gasteiger partial charge in [0.05, 0.1) is 0 Å². The molecule has 0 radical (unpaired) electrons. The van der Waals surface area contributed by atoms with Gasteiger partial charge in [-0.05, 0) is 54.8 Å². The number of ketones is 1. The Morgan fingerprint density at radius 1 is 1.11 bits per heavy atom. The first-order valence-electron chi connectivity index (χ1n) is 6.02. The van der Waals surface area contributed by atoms with E-state index in [1.807, 2.05) is 26.0 Å². The van der Waals surface area contributed by atoms with E-state index in [-0.39, 0.29) is 11.6 Å². The molecule has 0 aliphatic rings. The maximum absolute atomic E-state index is 12.8. The fraction of sp³-hybridized carbons (Fsp3) is 0.188. The summed E-state index contributed by atoms with van der Waals surface area (Å²) in [6, 6.07) is 9.80. The van der Waals surface area contributed by atoms with Crippen molar-refractivity contribution < 1.29 is 9.18 Å². The third-order valence-corrected chi connectivity index (χ3v) is 4.29. The maximum Gasteiger partial charge on any atom is 0.167 e. The summed E-state index contributed by atoms with van der Waals surface area (Å²) in [7, 11) is 0. The van der Waals surface area contributed by atoms with Crippen molar-refractivity contribution in [3.8, 4) is 0 Å². The lowest BCUT2D eigenvalue weighted by Gasteiger charge is -2.07. The monoisotopic (exact) mass is 320 g/mol. The number of hydrogen-bond donors (Lipinski definition) is 0. The molecule has 1 nitrogen and oxygen atoms in total. The summed E-state index contributed by atoms with van der Waals surface area (Å²) in [4.78, 5) is 12.2. The molecule has 0 amide bonds. The van der Waals surface area contributed by atoms with Crippen molar-refractivity contribution in [2.75, 3.05) is 0 Å². The van der Waals surface area contributed by atoms with Crippen LogP contribution in [0, 0.1) is 19.7 Å². The van der Waals surface area contributed by atoms with Gasteiger partial charge in [0.2, 0.25) is 0 Å². The van der Waals surface area contributed by atoms with Crippen LogP contribution in [0.3, 0.4) is 0 Å². The van der Waals surface area contributed by atoms with E-state index in [1.54, 1.807) is 12.1 Å². The van der Waals surface area contributed by atoms with Gasteiger partial charge in [0.15, 0.2) is 5.78 Å². The van der Waals surface area contributed by atoms with E-state index in [4.69, 9.17) is 0 Å². The van der Waals surface area contributed by atoms with Gasteiger partial charge in [0.25, 0.3) is 0 Å². The third-order valence-electron chi connectivity index (χ3n) is 3.04. The van der Waals surface area contributed by atoms with Gasteiger partial charge in [0, 0.05) is 16.5 Å². The smallest absolute Gasteiger partial charge is 0.167 e. The quantitative estimate of drug-likeness (QED) is 0.753. The highest BCUT2D eigenvalue weighted by atomic mass is 79.9. The molecule has 0 aliphatic carbocycles. The molecule has 0 fully saturated rings. The molecule has 2 rings (SSSR count). The van der Waals surface area contributed by atoms with Crippen LogP contribution in [0.1, 0.15) is 27.0 Å². The fourth-order valence-corrected chi connectivity index (χ4v) is 2.23. The molecule has 0 atom stereocenters. The first-order valence-corrected chi connectivity index (χ1v) is 6.81. The lowest BCUT2D eigenvalue weighted by molar-refractivity contribution is 0.0992. The zero-order valence-electron chi connectivity index (χ0n) is 10.8. The van der Waals surface area contributed by atoms with Crippen LogP contribution in [0.15, 0.2) is 40.9 Å². The Morgan fingerprint density at radius 2 is 1.63 bits per heavy atom. The zero-order chi connectivity index (χ0) is 14.0. The van der Waals surface area contributed by atoms with Crippen LogP contribution in [0.25, 0.3) is 0 Å². The lowest BCUT2D eigenvalue weighted by atomic mass is 9.99. The SMILES string of the molecule is Cc1cc(C(=O)Cc2ccc(F)cc2)cc(C)c1Br. The normalized spacial score (nSPS) is 10.5. The number of rotatable bonds is 3. The molecule has 2 aromatic carbocycles. The molecule has 3 heteroatoms. The summed E-state index contributed by atoms with van der Waals surface area (Å²) in [6.45, 7) is 3.93. The van der Waals surface area contributed by atoms with E-state index in [0.717, 1.165) is 21.2 Å². The molecule has 19 heavy (non-hydrogen) atoms. The number of benzene rings is 2. The Morgan fingerprint density at radius 3 is 2.16 bits per heavy atom. The molecule has 0 spiro atoms. The van der Waals surface area contributed by atoms with E-state index in [2.05, 4.69) is 15.9 Å². The molecule has 0 aromatic heterocycles. The van der Waals surface area contributed by atoms with Crippen LogP contribution in [-0.2, 0) is 6.42 Å². The van der Waals surface area contributed by atoms with Crippen molar-refractivity contribution in [3.63, 3.8) is 0 Å². The van der Waals surface area contributed by atoms with Gasteiger partial charge in [-0.1, -0.05) is 28.1 Å². The van der Waals surface area contributed by atoms with Crippen LogP contribution >= 0.6 is 15.9 Å². The highest BCUT2D eigenvalue weighted by Crippen LogP contribution is 2.23. The average molecular weight is 321 g/mol. The molecule has 0 bridgehead atoms. The number of Topliss-reactive ketones (excluding diaryl/α,β-unsaturated/α-hetero) is 1.